The number of aromatic nitrogens is 3. The van der Waals surface area contributed by atoms with E-state index in [1.165, 1.54) is 12.3 Å². The summed E-state index contributed by atoms with van der Waals surface area (Å²) in [6.07, 6.45) is -2.81. The highest BCUT2D eigenvalue weighted by Gasteiger charge is 2.40. The van der Waals surface area contributed by atoms with Crippen LogP contribution >= 0.6 is 0 Å². The van der Waals surface area contributed by atoms with Crippen LogP contribution in [-0.4, -0.2) is 55.9 Å². The lowest BCUT2D eigenvalue weighted by Crippen LogP contribution is -2.39. The minimum Gasteiger partial charge on any atom is -0.337 e. The lowest BCUT2D eigenvalue weighted by Gasteiger charge is -2.24. The Bertz CT molecular complexity index is 1190. The zero-order chi connectivity index (χ0) is 22.5. The molecule has 0 aliphatic carbocycles. The summed E-state index contributed by atoms with van der Waals surface area (Å²) >= 11 is 0. The first kappa shape index (κ1) is 20.2. The van der Waals surface area contributed by atoms with Crippen LogP contribution in [-0.2, 0) is 12.7 Å². The predicted molar refractivity (Wildman–Crippen MR) is 103 cm³/mol. The molecule has 0 N–H and O–H groups in total. The second-order valence-electron chi connectivity index (χ2n) is 7.63. The van der Waals surface area contributed by atoms with E-state index in [4.69, 9.17) is 0 Å². The smallest absolute Gasteiger partial charge is 0.337 e. The van der Waals surface area contributed by atoms with Crippen molar-refractivity contribution in [3.8, 4) is 11.4 Å². The number of carbonyl (C=O) groups is 2. The van der Waals surface area contributed by atoms with Crippen molar-refractivity contribution in [2.45, 2.75) is 25.2 Å². The SMILES string of the molecule is O=C(c1ccccc1)N1CCC(N2Cc3ncc(-c4noc(C(F)(F)F)n4)cc3C2=O)C1. The standard InChI is InChI=1S/C21H16F3N5O3/c22-21(23,24)20-26-17(27-32-20)13-8-15-16(25-9-13)11-29(19(15)31)14-6-7-28(10-14)18(30)12-4-2-1-3-5-12/h1-5,8-9,14H,6-7,10-11H2. The first-order chi connectivity index (χ1) is 15.3. The molecule has 32 heavy (non-hydrogen) atoms. The van der Waals surface area contributed by atoms with Gasteiger partial charge in [-0.25, -0.2) is 0 Å². The number of pyridine rings is 1. The molecule has 2 aromatic heterocycles. The van der Waals surface area contributed by atoms with Crippen molar-refractivity contribution < 1.29 is 27.3 Å². The van der Waals surface area contributed by atoms with Crippen molar-refractivity contribution in [1.82, 2.24) is 24.9 Å². The van der Waals surface area contributed by atoms with Gasteiger partial charge in [-0.1, -0.05) is 23.4 Å². The molecule has 8 nitrogen and oxygen atoms in total. The number of hydrogen-bond acceptors (Lipinski definition) is 6. The number of carbonyl (C=O) groups excluding carboxylic acids is 2. The molecule has 4 heterocycles. The van der Waals surface area contributed by atoms with Crippen LogP contribution in [0.15, 0.2) is 47.1 Å². The van der Waals surface area contributed by atoms with E-state index in [2.05, 4.69) is 19.6 Å². The fourth-order valence-electron chi connectivity index (χ4n) is 4.01. The topological polar surface area (TPSA) is 92.4 Å². The van der Waals surface area contributed by atoms with E-state index in [1.807, 2.05) is 6.07 Å². The van der Waals surface area contributed by atoms with E-state index in [0.29, 0.717) is 30.8 Å². The third-order valence-corrected chi connectivity index (χ3v) is 5.62. The molecule has 2 amide bonds. The van der Waals surface area contributed by atoms with Gasteiger partial charge in [-0.05, 0) is 24.6 Å². The van der Waals surface area contributed by atoms with Crippen molar-refractivity contribution >= 4 is 11.8 Å². The number of amides is 2. The van der Waals surface area contributed by atoms with Gasteiger partial charge in [0.1, 0.15) is 0 Å². The van der Waals surface area contributed by atoms with Crippen LogP contribution in [0.25, 0.3) is 11.4 Å². The van der Waals surface area contributed by atoms with Crippen LogP contribution in [0.5, 0.6) is 0 Å². The Morgan fingerprint density at radius 1 is 1.19 bits per heavy atom. The molecule has 0 saturated carbocycles. The van der Waals surface area contributed by atoms with Crippen LogP contribution < -0.4 is 0 Å². The number of halogens is 3. The first-order valence-electron chi connectivity index (χ1n) is 9.87. The largest absolute Gasteiger partial charge is 0.471 e. The molecule has 1 atom stereocenters. The second-order valence-corrected chi connectivity index (χ2v) is 7.63. The van der Waals surface area contributed by atoms with Gasteiger partial charge >= 0.3 is 12.1 Å². The number of likely N-dealkylation sites (tertiary alicyclic amines) is 1. The Balaban J connectivity index is 1.32. The van der Waals surface area contributed by atoms with E-state index < -0.39 is 12.1 Å². The third kappa shape index (κ3) is 3.49. The van der Waals surface area contributed by atoms with E-state index in [0.717, 1.165) is 0 Å². The molecule has 164 valence electrons. The van der Waals surface area contributed by atoms with Crippen molar-refractivity contribution in [3.63, 3.8) is 0 Å². The van der Waals surface area contributed by atoms with Gasteiger partial charge in [0.05, 0.1) is 23.8 Å². The summed E-state index contributed by atoms with van der Waals surface area (Å²) in [5, 5.41) is 3.34. The highest BCUT2D eigenvalue weighted by molar-refractivity contribution is 5.99. The van der Waals surface area contributed by atoms with Gasteiger partial charge < -0.3 is 14.3 Å². The van der Waals surface area contributed by atoms with E-state index in [-0.39, 0.29) is 41.4 Å². The van der Waals surface area contributed by atoms with Gasteiger partial charge in [-0.15, -0.1) is 0 Å². The summed E-state index contributed by atoms with van der Waals surface area (Å²) in [7, 11) is 0. The summed E-state index contributed by atoms with van der Waals surface area (Å²) in [5.41, 5.74) is 1.55. The van der Waals surface area contributed by atoms with Gasteiger partial charge in [0, 0.05) is 30.4 Å². The van der Waals surface area contributed by atoms with E-state index >= 15 is 0 Å². The zero-order valence-corrected chi connectivity index (χ0v) is 16.5. The van der Waals surface area contributed by atoms with Crippen LogP contribution in [0.2, 0.25) is 0 Å². The summed E-state index contributed by atoms with van der Waals surface area (Å²) in [5.74, 6) is -2.13. The molecule has 1 fully saturated rings. The fourth-order valence-corrected chi connectivity index (χ4v) is 4.01. The molecule has 1 saturated heterocycles. The first-order valence-corrected chi connectivity index (χ1v) is 9.87. The highest BCUT2D eigenvalue weighted by atomic mass is 19.4. The summed E-state index contributed by atoms with van der Waals surface area (Å²) in [6.45, 7) is 1.20. The molecule has 1 aromatic carbocycles. The van der Waals surface area contributed by atoms with E-state index in [9.17, 15) is 22.8 Å². The molecule has 11 heteroatoms. The summed E-state index contributed by atoms with van der Waals surface area (Å²) in [4.78, 5) is 36.7. The number of rotatable bonds is 3. The lowest BCUT2D eigenvalue weighted by atomic mass is 10.1. The maximum absolute atomic E-state index is 13.0. The minimum atomic E-state index is -4.76. The quantitative estimate of drug-likeness (QED) is 0.618. The summed E-state index contributed by atoms with van der Waals surface area (Å²) in [6, 6.07) is 10.2. The molecule has 1 unspecified atom stereocenters. The predicted octanol–water partition coefficient (Wildman–Crippen LogP) is 3.02. The molecule has 2 aliphatic rings. The maximum Gasteiger partial charge on any atom is 0.471 e. The number of nitrogens with zero attached hydrogens (tertiary/aromatic N) is 5. The average molecular weight is 443 g/mol. The van der Waals surface area contributed by atoms with Gasteiger partial charge in [0.15, 0.2) is 0 Å². The van der Waals surface area contributed by atoms with Crippen LogP contribution in [0, 0.1) is 0 Å². The van der Waals surface area contributed by atoms with E-state index in [1.54, 1.807) is 34.1 Å². The van der Waals surface area contributed by atoms with Gasteiger partial charge in [0.2, 0.25) is 5.82 Å². The summed E-state index contributed by atoms with van der Waals surface area (Å²) < 4.78 is 42.4. The average Bonchev–Trinajstić information content (AvgIpc) is 3.52. The van der Waals surface area contributed by atoms with Crippen molar-refractivity contribution in [2.24, 2.45) is 0 Å². The van der Waals surface area contributed by atoms with Crippen molar-refractivity contribution in [1.29, 1.82) is 0 Å². The molecule has 0 bridgehead atoms. The Labute approximate surface area is 179 Å². The Kier molecular flexibility index (Phi) is 4.68. The molecule has 3 aromatic rings. The maximum atomic E-state index is 13.0. The molecule has 2 aliphatic heterocycles. The molecule has 5 rings (SSSR count). The molecular formula is C21H16F3N5O3. The Morgan fingerprint density at radius 3 is 2.69 bits per heavy atom. The molecule has 0 spiro atoms. The third-order valence-electron chi connectivity index (χ3n) is 5.62. The fraction of sp³-hybridized carbons (Fsp3) is 0.286. The normalized spacial score (nSPS) is 18.3. The molecular weight excluding hydrogens is 427 g/mol. The number of hydrogen-bond donors (Lipinski definition) is 0. The number of alkyl halides is 3. The van der Waals surface area contributed by atoms with Crippen LogP contribution in [0.4, 0.5) is 13.2 Å². The highest BCUT2D eigenvalue weighted by Crippen LogP contribution is 2.32. The van der Waals surface area contributed by atoms with Crippen LogP contribution in [0.1, 0.15) is 38.7 Å². The molecule has 0 radical (unpaired) electrons. The lowest BCUT2D eigenvalue weighted by molar-refractivity contribution is -0.159. The Morgan fingerprint density at radius 2 is 1.97 bits per heavy atom. The van der Waals surface area contributed by atoms with Gasteiger partial charge in [-0.3, -0.25) is 14.6 Å². The zero-order valence-electron chi connectivity index (χ0n) is 16.5. The number of fused-ring (bicyclic) bond motifs is 1. The van der Waals surface area contributed by atoms with Crippen molar-refractivity contribution in [2.75, 3.05) is 13.1 Å². The van der Waals surface area contributed by atoms with Crippen LogP contribution in [0.3, 0.4) is 0 Å². The van der Waals surface area contributed by atoms with Gasteiger partial charge in [0.25, 0.3) is 11.8 Å². The van der Waals surface area contributed by atoms with Gasteiger partial charge in [-0.2, -0.15) is 18.2 Å². The minimum absolute atomic E-state index is 0.0877. The van der Waals surface area contributed by atoms with Crippen molar-refractivity contribution in [3.05, 3.63) is 65.3 Å². The second kappa shape index (κ2) is 7.43. The Hall–Kier alpha value is -3.76. The monoisotopic (exact) mass is 443 g/mol. The number of benzene rings is 1.